The second kappa shape index (κ2) is 7.65. The van der Waals surface area contributed by atoms with Gasteiger partial charge in [0, 0.05) is 13.0 Å². The number of unbranched alkanes of at least 4 members (excludes halogenated alkanes) is 2. The third-order valence-corrected chi connectivity index (χ3v) is 2.86. The van der Waals surface area contributed by atoms with Gasteiger partial charge in [0.05, 0.1) is 6.10 Å². The van der Waals surface area contributed by atoms with Gasteiger partial charge in [-0.05, 0) is 25.7 Å². The van der Waals surface area contributed by atoms with Gasteiger partial charge in [-0.15, -0.1) is 0 Å². The molecular weight excluding hydrogens is 192 g/mol. The second-order valence-corrected chi connectivity index (χ2v) is 4.16. The topological polar surface area (TPSA) is 64.3 Å². The van der Waals surface area contributed by atoms with Crippen LogP contribution in [-0.2, 0) is 9.53 Å². The zero-order valence-corrected chi connectivity index (χ0v) is 9.34. The number of hydrogen-bond donors (Lipinski definition) is 2. The number of carbonyl (C=O) groups excluding carboxylic acids is 1. The zero-order chi connectivity index (χ0) is 10.9. The van der Waals surface area contributed by atoms with Crippen LogP contribution in [0.3, 0.4) is 0 Å². The molecule has 88 valence electrons. The number of nitrogens with two attached hydrogens (primary N) is 1. The standard InChI is InChI=1S/C11H22N2O2/c12-13-11(14)8-2-1-5-9-15-10-6-3-4-7-10/h10H,1-9,12H2,(H,13,14). The van der Waals surface area contributed by atoms with E-state index in [0.29, 0.717) is 12.5 Å². The Labute approximate surface area is 91.5 Å². The quantitative estimate of drug-likeness (QED) is 0.292. The molecule has 0 radical (unpaired) electrons. The molecule has 0 unspecified atom stereocenters. The Hall–Kier alpha value is -0.610. The van der Waals surface area contributed by atoms with Crippen LogP contribution in [0.5, 0.6) is 0 Å². The van der Waals surface area contributed by atoms with Gasteiger partial charge in [-0.2, -0.15) is 0 Å². The van der Waals surface area contributed by atoms with Crippen molar-refractivity contribution >= 4 is 5.91 Å². The number of ether oxygens (including phenoxy) is 1. The predicted molar refractivity (Wildman–Crippen MR) is 59.0 cm³/mol. The summed E-state index contributed by atoms with van der Waals surface area (Å²) in [6, 6.07) is 0. The summed E-state index contributed by atoms with van der Waals surface area (Å²) in [6.07, 6.45) is 9.14. The highest BCUT2D eigenvalue weighted by molar-refractivity contribution is 5.74. The number of carbonyl (C=O) groups is 1. The Morgan fingerprint density at radius 2 is 2.00 bits per heavy atom. The highest BCUT2D eigenvalue weighted by Gasteiger charge is 2.14. The Morgan fingerprint density at radius 3 is 2.67 bits per heavy atom. The Balaban J connectivity index is 1.82. The summed E-state index contributed by atoms with van der Waals surface area (Å²) in [6.45, 7) is 0.842. The van der Waals surface area contributed by atoms with Crippen molar-refractivity contribution < 1.29 is 9.53 Å². The van der Waals surface area contributed by atoms with Gasteiger partial charge >= 0.3 is 0 Å². The maximum atomic E-state index is 10.8. The third kappa shape index (κ3) is 5.74. The molecule has 0 aromatic rings. The smallest absolute Gasteiger partial charge is 0.233 e. The number of rotatable bonds is 7. The minimum Gasteiger partial charge on any atom is -0.378 e. The summed E-state index contributed by atoms with van der Waals surface area (Å²) >= 11 is 0. The van der Waals surface area contributed by atoms with Crippen molar-refractivity contribution in [2.24, 2.45) is 5.84 Å². The average molecular weight is 214 g/mol. The highest BCUT2D eigenvalue weighted by atomic mass is 16.5. The molecule has 1 saturated carbocycles. The van der Waals surface area contributed by atoms with Gasteiger partial charge in [0.15, 0.2) is 0 Å². The van der Waals surface area contributed by atoms with Gasteiger partial charge < -0.3 is 4.74 Å². The first-order valence-corrected chi connectivity index (χ1v) is 5.94. The molecule has 0 saturated heterocycles. The lowest BCUT2D eigenvalue weighted by Crippen LogP contribution is -2.29. The van der Waals surface area contributed by atoms with Crippen molar-refractivity contribution in [3.63, 3.8) is 0 Å². The van der Waals surface area contributed by atoms with Crippen molar-refractivity contribution in [2.75, 3.05) is 6.61 Å². The van der Waals surface area contributed by atoms with E-state index in [1.165, 1.54) is 25.7 Å². The van der Waals surface area contributed by atoms with Crippen LogP contribution in [0.25, 0.3) is 0 Å². The summed E-state index contributed by atoms with van der Waals surface area (Å²) in [5.41, 5.74) is 2.13. The molecule has 15 heavy (non-hydrogen) atoms. The second-order valence-electron chi connectivity index (χ2n) is 4.16. The fourth-order valence-corrected chi connectivity index (χ4v) is 1.94. The van der Waals surface area contributed by atoms with Gasteiger partial charge in [0.1, 0.15) is 0 Å². The van der Waals surface area contributed by atoms with E-state index in [4.69, 9.17) is 10.6 Å². The van der Waals surface area contributed by atoms with Crippen LogP contribution in [-0.4, -0.2) is 18.6 Å². The van der Waals surface area contributed by atoms with Crippen LogP contribution in [0.1, 0.15) is 51.4 Å². The molecular formula is C11H22N2O2. The largest absolute Gasteiger partial charge is 0.378 e. The van der Waals surface area contributed by atoms with Crippen molar-refractivity contribution in [1.82, 2.24) is 5.43 Å². The van der Waals surface area contributed by atoms with Gasteiger partial charge in [-0.1, -0.05) is 19.3 Å². The number of nitrogens with one attached hydrogen (secondary N) is 1. The maximum absolute atomic E-state index is 10.8. The fraction of sp³-hybridized carbons (Fsp3) is 0.909. The molecule has 1 rings (SSSR count). The predicted octanol–water partition coefficient (Wildman–Crippen LogP) is 1.50. The maximum Gasteiger partial charge on any atom is 0.233 e. The first kappa shape index (κ1) is 12.5. The third-order valence-electron chi connectivity index (χ3n) is 2.86. The highest BCUT2D eigenvalue weighted by Crippen LogP contribution is 2.21. The minimum atomic E-state index is -0.0771. The van der Waals surface area contributed by atoms with Crippen molar-refractivity contribution in [2.45, 2.75) is 57.5 Å². The monoisotopic (exact) mass is 214 g/mol. The lowest BCUT2D eigenvalue weighted by molar-refractivity contribution is -0.121. The van der Waals surface area contributed by atoms with Crippen LogP contribution >= 0.6 is 0 Å². The van der Waals surface area contributed by atoms with E-state index >= 15 is 0 Å². The molecule has 4 nitrogen and oxygen atoms in total. The average Bonchev–Trinajstić information content (AvgIpc) is 2.75. The van der Waals surface area contributed by atoms with Gasteiger partial charge in [0.25, 0.3) is 0 Å². The molecule has 0 aromatic carbocycles. The van der Waals surface area contributed by atoms with E-state index in [0.717, 1.165) is 25.9 Å². The fourth-order valence-electron chi connectivity index (χ4n) is 1.94. The van der Waals surface area contributed by atoms with E-state index in [2.05, 4.69) is 5.43 Å². The summed E-state index contributed by atoms with van der Waals surface area (Å²) in [5.74, 6) is 4.89. The number of hydrogen-bond acceptors (Lipinski definition) is 3. The van der Waals surface area contributed by atoms with E-state index in [1.807, 2.05) is 0 Å². The van der Waals surface area contributed by atoms with Crippen molar-refractivity contribution in [3.05, 3.63) is 0 Å². The van der Waals surface area contributed by atoms with Gasteiger partial charge in [-0.25, -0.2) is 5.84 Å². The van der Waals surface area contributed by atoms with Crippen LogP contribution in [0.2, 0.25) is 0 Å². The summed E-state index contributed by atoms with van der Waals surface area (Å²) in [7, 11) is 0. The van der Waals surface area contributed by atoms with Crippen LogP contribution in [0, 0.1) is 0 Å². The first-order valence-electron chi connectivity index (χ1n) is 5.94. The van der Waals surface area contributed by atoms with E-state index in [-0.39, 0.29) is 5.91 Å². The molecule has 1 aliphatic rings. The minimum absolute atomic E-state index is 0.0771. The molecule has 0 aliphatic heterocycles. The van der Waals surface area contributed by atoms with E-state index < -0.39 is 0 Å². The molecule has 0 spiro atoms. The molecule has 3 N–H and O–H groups in total. The Morgan fingerprint density at radius 1 is 1.27 bits per heavy atom. The first-order chi connectivity index (χ1) is 7.33. The molecule has 0 aromatic heterocycles. The zero-order valence-electron chi connectivity index (χ0n) is 9.34. The van der Waals surface area contributed by atoms with Crippen molar-refractivity contribution in [3.8, 4) is 0 Å². The number of amides is 1. The normalized spacial score (nSPS) is 16.9. The van der Waals surface area contributed by atoms with Crippen molar-refractivity contribution in [1.29, 1.82) is 0 Å². The molecule has 0 heterocycles. The van der Waals surface area contributed by atoms with Crippen LogP contribution in [0.4, 0.5) is 0 Å². The summed E-state index contributed by atoms with van der Waals surface area (Å²) in [4.78, 5) is 10.8. The molecule has 1 amide bonds. The van der Waals surface area contributed by atoms with Crippen LogP contribution < -0.4 is 11.3 Å². The van der Waals surface area contributed by atoms with Crippen LogP contribution in [0.15, 0.2) is 0 Å². The summed E-state index contributed by atoms with van der Waals surface area (Å²) < 4.78 is 5.71. The SMILES string of the molecule is NNC(=O)CCCCCOC1CCCC1. The Kier molecular flexibility index (Phi) is 6.36. The Bertz CT molecular complexity index is 179. The van der Waals surface area contributed by atoms with Gasteiger partial charge in [-0.3, -0.25) is 10.2 Å². The lowest BCUT2D eigenvalue weighted by atomic mass is 10.2. The lowest BCUT2D eigenvalue weighted by Gasteiger charge is -2.10. The number of hydrazine groups is 1. The molecule has 1 aliphatic carbocycles. The molecule has 0 atom stereocenters. The molecule has 4 heteroatoms. The van der Waals surface area contributed by atoms with Gasteiger partial charge in [0.2, 0.25) is 5.91 Å². The van der Waals surface area contributed by atoms with E-state index in [9.17, 15) is 4.79 Å². The van der Waals surface area contributed by atoms with E-state index in [1.54, 1.807) is 0 Å². The summed E-state index contributed by atoms with van der Waals surface area (Å²) in [5, 5.41) is 0. The molecule has 0 bridgehead atoms. The molecule has 1 fully saturated rings.